The van der Waals surface area contributed by atoms with Crippen molar-refractivity contribution in [2.45, 2.75) is 6.42 Å². The van der Waals surface area contributed by atoms with Crippen LogP contribution in [0.4, 0.5) is 15.8 Å². The zero-order valence-corrected chi connectivity index (χ0v) is 9.43. The van der Waals surface area contributed by atoms with Crippen molar-refractivity contribution in [3.63, 3.8) is 0 Å². The SMILES string of the molecule is Nc1cc(F)cc(NCCc2nccs2)c1. The quantitative estimate of drug-likeness (QED) is 0.803. The van der Waals surface area contributed by atoms with Crippen LogP contribution in [-0.4, -0.2) is 11.5 Å². The van der Waals surface area contributed by atoms with Gasteiger partial charge in [-0.25, -0.2) is 9.37 Å². The molecule has 3 nitrogen and oxygen atoms in total. The van der Waals surface area contributed by atoms with Gasteiger partial charge >= 0.3 is 0 Å². The minimum absolute atomic E-state index is 0.322. The smallest absolute Gasteiger partial charge is 0.127 e. The summed E-state index contributed by atoms with van der Waals surface area (Å²) < 4.78 is 13.0. The van der Waals surface area contributed by atoms with Crippen molar-refractivity contribution in [2.75, 3.05) is 17.6 Å². The highest BCUT2D eigenvalue weighted by molar-refractivity contribution is 7.09. The van der Waals surface area contributed by atoms with Crippen molar-refractivity contribution >= 4 is 22.7 Å². The Kier molecular flexibility index (Phi) is 3.36. The zero-order valence-electron chi connectivity index (χ0n) is 8.61. The number of hydrogen-bond donors (Lipinski definition) is 2. The van der Waals surface area contributed by atoms with Crippen molar-refractivity contribution < 1.29 is 4.39 Å². The van der Waals surface area contributed by atoms with Crippen LogP contribution in [0.2, 0.25) is 0 Å². The average molecular weight is 237 g/mol. The Morgan fingerprint density at radius 3 is 2.94 bits per heavy atom. The molecule has 0 unspecified atom stereocenters. The summed E-state index contributed by atoms with van der Waals surface area (Å²) >= 11 is 1.61. The molecule has 0 saturated heterocycles. The lowest BCUT2D eigenvalue weighted by Crippen LogP contribution is -2.05. The molecule has 16 heavy (non-hydrogen) atoms. The van der Waals surface area contributed by atoms with E-state index in [0.717, 1.165) is 18.0 Å². The number of benzene rings is 1. The van der Waals surface area contributed by atoms with Gasteiger partial charge in [0, 0.05) is 35.9 Å². The van der Waals surface area contributed by atoms with E-state index >= 15 is 0 Å². The van der Waals surface area contributed by atoms with E-state index in [9.17, 15) is 4.39 Å². The predicted molar refractivity (Wildman–Crippen MR) is 65.1 cm³/mol. The van der Waals surface area contributed by atoms with Crippen molar-refractivity contribution in [3.05, 3.63) is 40.6 Å². The standard InChI is InChI=1S/C11H12FN3S/c12-8-5-9(13)7-10(6-8)14-2-1-11-15-3-4-16-11/h3-7,14H,1-2,13H2. The zero-order chi connectivity index (χ0) is 11.4. The number of rotatable bonds is 4. The molecule has 0 saturated carbocycles. The van der Waals surface area contributed by atoms with Gasteiger partial charge in [0.25, 0.3) is 0 Å². The Hall–Kier alpha value is -1.62. The van der Waals surface area contributed by atoms with Crippen LogP contribution < -0.4 is 11.1 Å². The first-order valence-electron chi connectivity index (χ1n) is 4.92. The van der Waals surface area contributed by atoms with Crippen LogP contribution in [0.25, 0.3) is 0 Å². The molecule has 1 aromatic heterocycles. The number of nitrogens with two attached hydrogens (primary N) is 1. The molecule has 1 heterocycles. The van der Waals surface area contributed by atoms with Crippen molar-refractivity contribution in [2.24, 2.45) is 0 Å². The highest BCUT2D eigenvalue weighted by Crippen LogP contribution is 2.15. The van der Waals surface area contributed by atoms with Gasteiger partial charge in [-0.2, -0.15) is 0 Å². The van der Waals surface area contributed by atoms with Crippen LogP contribution >= 0.6 is 11.3 Å². The van der Waals surface area contributed by atoms with Gasteiger partial charge in [-0.15, -0.1) is 11.3 Å². The lowest BCUT2D eigenvalue weighted by atomic mass is 10.2. The fourth-order valence-electron chi connectivity index (χ4n) is 1.40. The summed E-state index contributed by atoms with van der Waals surface area (Å²) in [7, 11) is 0. The first-order valence-corrected chi connectivity index (χ1v) is 5.80. The molecule has 0 atom stereocenters. The van der Waals surface area contributed by atoms with E-state index in [2.05, 4.69) is 10.3 Å². The van der Waals surface area contributed by atoms with E-state index in [1.165, 1.54) is 12.1 Å². The Labute approximate surface area is 97.1 Å². The number of thiazole rings is 1. The molecular formula is C11H12FN3S. The van der Waals surface area contributed by atoms with E-state index in [-0.39, 0.29) is 5.82 Å². The molecule has 0 radical (unpaired) electrons. The summed E-state index contributed by atoms with van der Waals surface area (Å²) in [6.07, 6.45) is 2.61. The van der Waals surface area contributed by atoms with Gasteiger partial charge in [-0.1, -0.05) is 0 Å². The molecule has 0 aliphatic heterocycles. The van der Waals surface area contributed by atoms with Crippen LogP contribution in [0.5, 0.6) is 0 Å². The van der Waals surface area contributed by atoms with Crippen molar-refractivity contribution in [1.29, 1.82) is 0 Å². The van der Waals surface area contributed by atoms with Crippen LogP contribution in [0, 0.1) is 5.82 Å². The van der Waals surface area contributed by atoms with Gasteiger partial charge in [-0.3, -0.25) is 0 Å². The first kappa shape index (κ1) is 10.9. The summed E-state index contributed by atoms with van der Waals surface area (Å²) in [5, 5.41) is 6.12. The number of hydrogen-bond acceptors (Lipinski definition) is 4. The molecule has 0 aliphatic rings. The second-order valence-electron chi connectivity index (χ2n) is 3.38. The summed E-state index contributed by atoms with van der Waals surface area (Å²) in [6, 6.07) is 4.44. The van der Waals surface area contributed by atoms with Gasteiger partial charge in [0.1, 0.15) is 5.82 Å². The predicted octanol–water partition coefficient (Wildman–Crippen LogP) is 2.52. The average Bonchev–Trinajstić information content (AvgIpc) is 2.69. The van der Waals surface area contributed by atoms with Crippen LogP contribution in [0.15, 0.2) is 29.8 Å². The molecule has 1 aromatic carbocycles. The topological polar surface area (TPSA) is 50.9 Å². The molecular weight excluding hydrogens is 225 g/mol. The summed E-state index contributed by atoms with van der Waals surface area (Å²) in [6.45, 7) is 0.719. The van der Waals surface area contributed by atoms with Crippen molar-refractivity contribution in [1.82, 2.24) is 4.98 Å². The maximum absolute atomic E-state index is 13.0. The van der Waals surface area contributed by atoms with Gasteiger partial charge in [0.2, 0.25) is 0 Å². The highest BCUT2D eigenvalue weighted by atomic mass is 32.1. The van der Waals surface area contributed by atoms with Crippen LogP contribution in [-0.2, 0) is 6.42 Å². The number of halogens is 1. The normalized spacial score (nSPS) is 10.3. The number of anilines is 2. The number of nitrogen functional groups attached to an aromatic ring is 1. The van der Waals surface area contributed by atoms with E-state index in [0.29, 0.717) is 11.4 Å². The molecule has 0 aliphatic carbocycles. The summed E-state index contributed by atoms with van der Waals surface area (Å²) in [5.74, 6) is -0.322. The molecule has 2 aromatic rings. The monoisotopic (exact) mass is 237 g/mol. The Morgan fingerprint density at radius 1 is 1.38 bits per heavy atom. The van der Waals surface area contributed by atoms with Gasteiger partial charge in [0.15, 0.2) is 0 Å². The van der Waals surface area contributed by atoms with Crippen LogP contribution in [0.3, 0.4) is 0 Å². The third kappa shape index (κ3) is 2.93. The number of nitrogens with one attached hydrogen (secondary N) is 1. The molecule has 0 bridgehead atoms. The third-order valence-electron chi connectivity index (χ3n) is 2.07. The van der Waals surface area contributed by atoms with Crippen LogP contribution in [0.1, 0.15) is 5.01 Å². The maximum atomic E-state index is 13.0. The minimum Gasteiger partial charge on any atom is -0.399 e. The summed E-state index contributed by atoms with van der Waals surface area (Å²) in [4.78, 5) is 4.16. The third-order valence-corrected chi connectivity index (χ3v) is 2.91. The maximum Gasteiger partial charge on any atom is 0.127 e. The summed E-state index contributed by atoms with van der Waals surface area (Å²) in [5.41, 5.74) is 6.67. The second kappa shape index (κ2) is 4.94. The van der Waals surface area contributed by atoms with E-state index in [1.54, 1.807) is 23.6 Å². The molecule has 0 fully saturated rings. The fourth-order valence-corrected chi connectivity index (χ4v) is 2.03. The van der Waals surface area contributed by atoms with E-state index in [4.69, 9.17) is 5.73 Å². The van der Waals surface area contributed by atoms with Gasteiger partial charge in [-0.05, 0) is 18.2 Å². The molecule has 84 valence electrons. The highest BCUT2D eigenvalue weighted by Gasteiger charge is 1.99. The second-order valence-corrected chi connectivity index (χ2v) is 4.35. The molecule has 0 amide bonds. The molecule has 3 N–H and O–H groups in total. The van der Waals surface area contributed by atoms with Gasteiger partial charge in [0.05, 0.1) is 5.01 Å². The lowest BCUT2D eigenvalue weighted by molar-refractivity contribution is 0.629. The Bertz CT molecular complexity index is 436. The molecule has 5 heteroatoms. The largest absolute Gasteiger partial charge is 0.399 e. The van der Waals surface area contributed by atoms with Crippen molar-refractivity contribution in [3.8, 4) is 0 Å². The first-order chi connectivity index (χ1) is 7.74. The Morgan fingerprint density at radius 2 is 2.25 bits per heavy atom. The number of aromatic nitrogens is 1. The lowest BCUT2D eigenvalue weighted by Gasteiger charge is -2.06. The minimum atomic E-state index is -0.322. The Balaban J connectivity index is 1.89. The number of nitrogens with zero attached hydrogens (tertiary/aromatic N) is 1. The van der Waals surface area contributed by atoms with E-state index in [1.807, 2.05) is 5.38 Å². The molecule has 0 spiro atoms. The molecule has 2 rings (SSSR count). The fraction of sp³-hybridized carbons (Fsp3) is 0.182. The van der Waals surface area contributed by atoms with E-state index < -0.39 is 0 Å². The van der Waals surface area contributed by atoms with Gasteiger partial charge < -0.3 is 11.1 Å².